The number of ketones is 1. The lowest BCUT2D eigenvalue weighted by Crippen LogP contribution is -2.36. The number of anilines is 3. The second-order valence-corrected chi connectivity index (χ2v) is 11.4. The average Bonchev–Trinajstić information content (AvgIpc) is 3.53. The smallest absolute Gasteiger partial charge is 0.315 e. The molecule has 1 aromatic heterocycles. The Labute approximate surface area is 228 Å². The van der Waals surface area contributed by atoms with Crippen molar-refractivity contribution in [1.82, 2.24) is 25.8 Å². The minimum atomic E-state index is -0.0613. The van der Waals surface area contributed by atoms with Crippen molar-refractivity contribution in [3.8, 4) is 11.1 Å². The molecule has 2 saturated heterocycles. The summed E-state index contributed by atoms with van der Waals surface area (Å²) in [6, 6.07) is 11.6. The summed E-state index contributed by atoms with van der Waals surface area (Å²) < 4.78 is 0. The number of nitrogens with two attached hydrogens (primary N) is 1. The molecule has 5 rings (SSSR count). The Kier molecular flexibility index (Phi) is 7.78. The number of hydrogen-bond donors (Lipinski definition) is 5. The van der Waals surface area contributed by atoms with Crippen molar-refractivity contribution >= 4 is 64.4 Å². The number of thioether (sulfide) groups is 1. The fraction of sp³-hybridized carbons (Fsp3) is 0.360. The van der Waals surface area contributed by atoms with Gasteiger partial charge in [0.15, 0.2) is 0 Å². The highest BCUT2D eigenvalue weighted by atomic mass is 35.5. The maximum atomic E-state index is 12.5. The number of rotatable bonds is 10. The van der Waals surface area contributed by atoms with Gasteiger partial charge in [0.1, 0.15) is 5.78 Å². The third-order valence-corrected chi connectivity index (χ3v) is 8.68. The molecular formula is C25H27Cl2N7O2S. The van der Waals surface area contributed by atoms with Gasteiger partial charge >= 0.3 is 6.03 Å². The standard InChI is InChI=1S/C25H27Cl2N7O2S/c26-17-10-15(29-24-32-23(28)33-34-24)11-18(27)21(17)14-7-5-13(6-8-14)9-16(35)3-1-2-4-20-22-19(12-37-20)30-25(36)31-22/h5-8,10-11,19-20,22H,1-4,9,12H2,(H2,30,31,36)(H4,28,29,32,33,34)/t19-,20-,22-/m0/s1. The largest absolute Gasteiger partial charge is 0.368 e. The van der Waals surface area contributed by atoms with Crippen molar-refractivity contribution in [3.63, 3.8) is 0 Å². The highest BCUT2D eigenvalue weighted by molar-refractivity contribution is 8.00. The number of halogens is 2. The summed E-state index contributed by atoms with van der Waals surface area (Å²) in [4.78, 5) is 28.1. The number of hydrogen-bond acceptors (Lipinski definition) is 7. The van der Waals surface area contributed by atoms with Crippen LogP contribution < -0.4 is 21.7 Å². The lowest BCUT2D eigenvalue weighted by molar-refractivity contribution is -0.118. The summed E-state index contributed by atoms with van der Waals surface area (Å²) >= 11 is 15.0. The van der Waals surface area contributed by atoms with E-state index in [1.165, 1.54) is 0 Å². The molecule has 37 heavy (non-hydrogen) atoms. The number of aromatic nitrogens is 3. The Morgan fingerprint density at radius 3 is 2.59 bits per heavy atom. The van der Waals surface area contributed by atoms with Crippen LogP contribution in [0, 0.1) is 0 Å². The zero-order chi connectivity index (χ0) is 25.9. The van der Waals surface area contributed by atoms with Crippen molar-refractivity contribution in [2.24, 2.45) is 0 Å². The Bertz CT molecular complexity index is 1280. The van der Waals surface area contributed by atoms with E-state index in [9.17, 15) is 9.59 Å². The van der Waals surface area contributed by atoms with E-state index in [-0.39, 0.29) is 29.8 Å². The van der Waals surface area contributed by atoms with Gasteiger partial charge in [0, 0.05) is 35.1 Å². The van der Waals surface area contributed by atoms with Gasteiger partial charge in [0.05, 0.1) is 22.1 Å². The second-order valence-electron chi connectivity index (χ2n) is 9.26. The van der Waals surface area contributed by atoms with E-state index in [0.717, 1.165) is 36.1 Å². The van der Waals surface area contributed by atoms with Crippen LogP contribution in [-0.2, 0) is 11.2 Å². The van der Waals surface area contributed by atoms with E-state index < -0.39 is 0 Å². The number of nitrogens with one attached hydrogen (secondary N) is 4. The molecule has 0 unspecified atom stereocenters. The number of H-pyrrole nitrogens is 1. The SMILES string of the molecule is Nc1nc(Nc2cc(Cl)c(-c3ccc(CC(=O)CCCC[C@@H]4SC[C@@H]5NC(=O)N[C@@H]54)cc3)c(Cl)c2)n[nH]1. The highest BCUT2D eigenvalue weighted by Crippen LogP contribution is 2.38. The average molecular weight is 561 g/mol. The number of carbonyl (C=O) groups is 2. The summed E-state index contributed by atoms with van der Waals surface area (Å²) in [6.07, 6.45) is 3.80. The van der Waals surface area contributed by atoms with Crippen LogP contribution >= 0.6 is 35.0 Å². The van der Waals surface area contributed by atoms with Gasteiger partial charge in [-0.2, -0.15) is 16.7 Å². The molecule has 6 N–H and O–H groups in total. The monoisotopic (exact) mass is 559 g/mol. The molecule has 194 valence electrons. The molecule has 0 bridgehead atoms. The molecule has 3 atom stereocenters. The lowest BCUT2D eigenvalue weighted by Gasteiger charge is -2.16. The zero-order valence-corrected chi connectivity index (χ0v) is 22.2. The fourth-order valence-corrected chi connectivity index (χ4v) is 7.05. The number of nitrogen functional groups attached to an aromatic ring is 1. The van der Waals surface area contributed by atoms with Crippen LogP contribution in [0.2, 0.25) is 10.0 Å². The van der Waals surface area contributed by atoms with Crippen LogP contribution in [-0.4, -0.2) is 50.1 Å². The molecule has 12 heteroatoms. The Morgan fingerprint density at radius 1 is 1.14 bits per heavy atom. The van der Waals surface area contributed by atoms with Gasteiger partial charge in [0.2, 0.25) is 11.9 Å². The first-order valence-corrected chi connectivity index (χ1v) is 13.9. The number of amides is 2. The third kappa shape index (κ3) is 6.14. The maximum Gasteiger partial charge on any atom is 0.315 e. The molecule has 3 heterocycles. The second kappa shape index (κ2) is 11.2. The molecule has 9 nitrogen and oxygen atoms in total. The van der Waals surface area contributed by atoms with E-state index in [4.69, 9.17) is 28.9 Å². The quantitative estimate of drug-likeness (QED) is 0.175. The highest BCUT2D eigenvalue weighted by Gasteiger charge is 2.42. The number of benzene rings is 2. The molecule has 0 radical (unpaired) electrons. The Morgan fingerprint density at radius 2 is 1.89 bits per heavy atom. The van der Waals surface area contributed by atoms with Gasteiger partial charge in [-0.1, -0.05) is 53.9 Å². The van der Waals surface area contributed by atoms with Crippen LogP contribution in [0.1, 0.15) is 31.2 Å². The minimum Gasteiger partial charge on any atom is -0.368 e. The molecule has 0 spiro atoms. The zero-order valence-electron chi connectivity index (χ0n) is 19.9. The number of carbonyl (C=O) groups excluding carboxylic acids is 2. The number of Topliss-reactive ketones (excluding diaryl/α,β-unsaturated/α-hetero) is 1. The number of nitrogens with zero attached hydrogens (tertiary/aromatic N) is 2. The van der Waals surface area contributed by atoms with Crippen LogP contribution in [0.4, 0.5) is 22.4 Å². The van der Waals surface area contributed by atoms with Gasteiger partial charge < -0.3 is 21.7 Å². The van der Waals surface area contributed by atoms with Crippen LogP contribution in [0.15, 0.2) is 36.4 Å². The first kappa shape index (κ1) is 25.7. The van der Waals surface area contributed by atoms with Crippen molar-refractivity contribution in [2.75, 3.05) is 16.8 Å². The molecule has 0 aliphatic carbocycles. The summed E-state index contributed by atoms with van der Waals surface area (Å²) in [5.41, 5.74) is 8.71. The molecular weight excluding hydrogens is 533 g/mol. The van der Waals surface area contributed by atoms with Crippen molar-refractivity contribution in [2.45, 2.75) is 49.4 Å². The predicted molar refractivity (Wildman–Crippen MR) is 149 cm³/mol. The number of aromatic amines is 1. The van der Waals surface area contributed by atoms with Crippen LogP contribution in [0.3, 0.4) is 0 Å². The number of urea groups is 1. The van der Waals surface area contributed by atoms with E-state index in [1.807, 2.05) is 36.0 Å². The Hall–Kier alpha value is -2.95. The van der Waals surface area contributed by atoms with Gasteiger partial charge in [-0.25, -0.2) is 9.89 Å². The van der Waals surface area contributed by atoms with Crippen LogP contribution in [0.5, 0.6) is 0 Å². The number of fused-ring (bicyclic) bond motifs is 1. The van der Waals surface area contributed by atoms with E-state index in [1.54, 1.807) is 12.1 Å². The maximum absolute atomic E-state index is 12.5. The van der Waals surface area contributed by atoms with Gasteiger partial charge in [-0.05, 0) is 36.1 Å². The molecule has 2 amide bonds. The van der Waals surface area contributed by atoms with Crippen molar-refractivity contribution in [3.05, 3.63) is 52.0 Å². The van der Waals surface area contributed by atoms with E-state index >= 15 is 0 Å². The Balaban J connectivity index is 1.11. The minimum absolute atomic E-state index is 0.0613. The van der Waals surface area contributed by atoms with Crippen molar-refractivity contribution in [1.29, 1.82) is 0 Å². The molecule has 2 aromatic carbocycles. The first-order chi connectivity index (χ1) is 17.9. The molecule has 2 aliphatic heterocycles. The van der Waals surface area contributed by atoms with E-state index in [2.05, 4.69) is 31.1 Å². The lowest BCUT2D eigenvalue weighted by atomic mass is 9.99. The summed E-state index contributed by atoms with van der Waals surface area (Å²) in [6.45, 7) is 0. The predicted octanol–water partition coefficient (Wildman–Crippen LogP) is 4.94. The fourth-order valence-electron chi connectivity index (χ4n) is 4.80. The summed E-state index contributed by atoms with van der Waals surface area (Å²) in [5, 5.41) is 16.9. The normalized spacial score (nSPS) is 20.4. The summed E-state index contributed by atoms with van der Waals surface area (Å²) in [7, 11) is 0. The molecule has 2 aliphatic rings. The number of unbranched alkanes of at least 4 members (excludes halogenated alkanes) is 1. The topological polar surface area (TPSA) is 138 Å². The van der Waals surface area contributed by atoms with Gasteiger partial charge in [0.25, 0.3) is 0 Å². The van der Waals surface area contributed by atoms with E-state index in [0.29, 0.717) is 45.3 Å². The van der Waals surface area contributed by atoms with Crippen molar-refractivity contribution < 1.29 is 9.59 Å². The van der Waals surface area contributed by atoms with Gasteiger partial charge in [-0.15, -0.1) is 5.10 Å². The first-order valence-electron chi connectivity index (χ1n) is 12.1. The molecule has 2 fully saturated rings. The van der Waals surface area contributed by atoms with Gasteiger partial charge in [-0.3, -0.25) is 4.79 Å². The summed E-state index contributed by atoms with van der Waals surface area (Å²) in [5.74, 6) is 1.70. The molecule has 0 saturated carbocycles. The third-order valence-electron chi connectivity index (χ3n) is 6.58. The van der Waals surface area contributed by atoms with Crippen LogP contribution in [0.25, 0.3) is 11.1 Å². The molecule has 3 aromatic rings.